The molecule has 0 saturated heterocycles. The number of nitrogens with one attached hydrogen (secondary N) is 2. The summed E-state index contributed by atoms with van der Waals surface area (Å²) in [6.45, 7) is 8.12. The first-order chi connectivity index (χ1) is 8.04. The Balaban J connectivity index is 2.51. The van der Waals surface area contributed by atoms with Gasteiger partial charge in [0.25, 0.3) is 0 Å². The number of likely N-dealkylation sites (N-methyl/N-ethyl adjacent to an activating group) is 1. The Bertz CT molecular complexity index is 352. The fraction of sp³-hybridized carbons (Fsp3) is 0.636. The van der Waals surface area contributed by atoms with Gasteiger partial charge >= 0.3 is 0 Å². The molecule has 0 radical (unpaired) electrons. The van der Waals surface area contributed by atoms with Gasteiger partial charge in [0.2, 0.25) is 5.95 Å². The van der Waals surface area contributed by atoms with Crippen molar-refractivity contribution in [2.24, 2.45) is 5.84 Å². The van der Waals surface area contributed by atoms with Crippen LogP contribution in [0.4, 0.5) is 11.8 Å². The van der Waals surface area contributed by atoms with Crippen LogP contribution >= 0.6 is 0 Å². The average Bonchev–Trinajstić information content (AvgIpc) is 2.31. The maximum atomic E-state index is 5.27. The van der Waals surface area contributed by atoms with E-state index in [0.29, 0.717) is 12.0 Å². The van der Waals surface area contributed by atoms with Crippen molar-refractivity contribution in [2.45, 2.75) is 26.8 Å². The van der Waals surface area contributed by atoms with Crippen LogP contribution in [0.3, 0.4) is 0 Å². The summed E-state index contributed by atoms with van der Waals surface area (Å²) in [4.78, 5) is 10.6. The number of nitrogens with zero attached hydrogens (tertiary/aromatic N) is 3. The van der Waals surface area contributed by atoms with E-state index in [1.165, 1.54) is 0 Å². The third-order valence-corrected chi connectivity index (χ3v) is 2.74. The van der Waals surface area contributed by atoms with Gasteiger partial charge in [0.1, 0.15) is 5.82 Å². The van der Waals surface area contributed by atoms with Crippen molar-refractivity contribution in [3.8, 4) is 0 Å². The van der Waals surface area contributed by atoms with Gasteiger partial charge in [-0.1, -0.05) is 0 Å². The molecule has 6 nitrogen and oxygen atoms in total. The molecule has 96 valence electrons. The van der Waals surface area contributed by atoms with Crippen LogP contribution in [-0.4, -0.2) is 41.0 Å². The highest BCUT2D eigenvalue weighted by atomic mass is 15.3. The van der Waals surface area contributed by atoms with Gasteiger partial charge < -0.3 is 10.2 Å². The highest BCUT2D eigenvalue weighted by molar-refractivity contribution is 5.45. The molecule has 0 aliphatic heterocycles. The Morgan fingerprint density at radius 1 is 1.47 bits per heavy atom. The minimum Gasteiger partial charge on any atom is -0.368 e. The first-order valence-electron chi connectivity index (χ1n) is 5.79. The van der Waals surface area contributed by atoms with Gasteiger partial charge in [-0.25, -0.2) is 10.8 Å². The smallest absolute Gasteiger partial charge is 0.239 e. The summed E-state index contributed by atoms with van der Waals surface area (Å²) in [5.74, 6) is 6.52. The van der Waals surface area contributed by atoms with Crippen molar-refractivity contribution in [1.29, 1.82) is 0 Å². The molecule has 0 saturated carbocycles. The molecule has 0 fully saturated rings. The van der Waals surface area contributed by atoms with Gasteiger partial charge in [0.15, 0.2) is 0 Å². The third kappa shape index (κ3) is 4.16. The predicted molar refractivity (Wildman–Crippen MR) is 70.8 cm³/mol. The normalized spacial score (nSPS) is 11.0. The zero-order chi connectivity index (χ0) is 12.8. The molecule has 1 aromatic heterocycles. The van der Waals surface area contributed by atoms with E-state index >= 15 is 0 Å². The van der Waals surface area contributed by atoms with Crippen LogP contribution in [0.15, 0.2) is 6.20 Å². The van der Waals surface area contributed by atoms with E-state index in [4.69, 9.17) is 5.84 Å². The molecule has 0 aliphatic rings. The van der Waals surface area contributed by atoms with Gasteiger partial charge in [-0.05, 0) is 27.8 Å². The number of nitrogen functional groups attached to an aromatic ring is 1. The van der Waals surface area contributed by atoms with Gasteiger partial charge in [0.05, 0.1) is 0 Å². The molecule has 0 unspecified atom stereocenters. The van der Waals surface area contributed by atoms with Crippen molar-refractivity contribution in [3.05, 3.63) is 11.8 Å². The van der Waals surface area contributed by atoms with Crippen molar-refractivity contribution in [1.82, 2.24) is 14.9 Å². The number of hydrazine groups is 1. The second-order valence-electron chi connectivity index (χ2n) is 4.37. The van der Waals surface area contributed by atoms with E-state index < -0.39 is 0 Å². The van der Waals surface area contributed by atoms with Crippen LogP contribution in [0.1, 0.15) is 19.4 Å². The number of rotatable bonds is 6. The van der Waals surface area contributed by atoms with E-state index in [9.17, 15) is 0 Å². The van der Waals surface area contributed by atoms with Gasteiger partial charge in [-0.3, -0.25) is 5.43 Å². The second kappa shape index (κ2) is 6.36. The number of hydrogen-bond donors (Lipinski definition) is 3. The van der Waals surface area contributed by atoms with E-state index in [2.05, 4.69) is 46.5 Å². The monoisotopic (exact) mass is 238 g/mol. The summed E-state index contributed by atoms with van der Waals surface area (Å²) in [5, 5.41) is 3.29. The molecule has 4 N–H and O–H groups in total. The van der Waals surface area contributed by atoms with Crippen LogP contribution in [-0.2, 0) is 0 Å². The molecule has 6 heteroatoms. The molecule has 0 aromatic carbocycles. The van der Waals surface area contributed by atoms with Gasteiger partial charge in [-0.15, -0.1) is 0 Å². The number of anilines is 2. The molecule has 0 spiro atoms. The first-order valence-corrected chi connectivity index (χ1v) is 5.79. The molecular formula is C11H22N6. The van der Waals surface area contributed by atoms with Crippen molar-refractivity contribution >= 4 is 11.8 Å². The van der Waals surface area contributed by atoms with Crippen molar-refractivity contribution in [2.75, 3.05) is 30.9 Å². The first kappa shape index (κ1) is 13.7. The van der Waals surface area contributed by atoms with Crippen LogP contribution in [0, 0.1) is 6.92 Å². The standard InChI is InChI=1S/C11H22N6/c1-8(2)17(4)6-5-13-10-9(3)7-14-11(15-10)16-12/h7-8H,5-6,12H2,1-4H3,(H2,13,14,15,16). The van der Waals surface area contributed by atoms with Crippen molar-refractivity contribution < 1.29 is 0 Å². The Morgan fingerprint density at radius 2 is 2.18 bits per heavy atom. The number of nitrogens with two attached hydrogens (primary N) is 1. The van der Waals surface area contributed by atoms with Crippen LogP contribution in [0.5, 0.6) is 0 Å². The Hall–Kier alpha value is -1.40. The quantitative estimate of drug-likeness (QED) is 0.503. The zero-order valence-electron chi connectivity index (χ0n) is 11.0. The Morgan fingerprint density at radius 3 is 2.76 bits per heavy atom. The predicted octanol–water partition coefficient (Wildman–Crippen LogP) is 0.823. The third-order valence-electron chi connectivity index (χ3n) is 2.74. The summed E-state index contributed by atoms with van der Waals surface area (Å²) in [5.41, 5.74) is 3.45. The lowest BCUT2D eigenvalue weighted by molar-refractivity contribution is 0.284. The summed E-state index contributed by atoms with van der Waals surface area (Å²) >= 11 is 0. The highest BCUT2D eigenvalue weighted by Crippen LogP contribution is 2.11. The van der Waals surface area contributed by atoms with E-state index in [-0.39, 0.29) is 0 Å². The van der Waals surface area contributed by atoms with Crippen LogP contribution in [0.25, 0.3) is 0 Å². The number of hydrogen-bond acceptors (Lipinski definition) is 6. The Kier molecular flexibility index (Phi) is 5.11. The molecule has 0 amide bonds. The molecule has 1 heterocycles. The largest absolute Gasteiger partial charge is 0.368 e. The van der Waals surface area contributed by atoms with Crippen molar-refractivity contribution in [3.63, 3.8) is 0 Å². The van der Waals surface area contributed by atoms with Gasteiger partial charge in [0, 0.05) is 30.9 Å². The minimum absolute atomic E-state index is 0.426. The lowest BCUT2D eigenvalue weighted by Gasteiger charge is -2.21. The summed E-state index contributed by atoms with van der Waals surface area (Å²) < 4.78 is 0. The highest BCUT2D eigenvalue weighted by Gasteiger charge is 2.05. The molecular weight excluding hydrogens is 216 g/mol. The minimum atomic E-state index is 0.426. The van der Waals surface area contributed by atoms with Crippen LogP contribution in [0.2, 0.25) is 0 Å². The maximum absolute atomic E-state index is 5.27. The lowest BCUT2D eigenvalue weighted by Crippen LogP contribution is -2.31. The zero-order valence-corrected chi connectivity index (χ0v) is 11.0. The average molecular weight is 238 g/mol. The lowest BCUT2D eigenvalue weighted by atomic mass is 10.3. The SMILES string of the molecule is Cc1cnc(NN)nc1NCCN(C)C(C)C. The Labute approximate surface area is 103 Å². The van der Waals surface area contributed by atoms with Gasteiger partial charge in [-0.2, -0.15) is 4.98 Å². The van der Waals surface area contributed by atoms with E-state index in [1.54, 1.807) is 6.20 Å². The number of aryl methyl sites for hydroxylation is 1. The fourth-order valence-electron chi connectivity index (χ4n) is 1.30. The van der Waals surface area contributed by atoms with Crippen LogP contribution < -0.4 is 16.6 Å². The summed E-state index contributed by atoms with van der Waals surface area (Å²) in [6.07, 6.45) is 1.75. The maximum Gasteiger partial charge on any atom is 0.239 e. The molecule has 1 aromatic rings. The summed E-state index contributed by atoms with van der Waals surface area (Å²) in [7, 11) is 2.10. The second-order valence-corrected chi connectivity index (χ2v) is 4.37. The molecule has 0 bridgehead atoms. The molecule has 17 heavy (non-hydrogen) atoms. The molecule has 0 aliphatic carbocycles. The number of aromatic nitrogens is 2. The van der Waals surface area contributed by atoms with E-state index in [1.807, 2.05) is 6.92 Å². The molecule has 0 atom stereocenters. The topological polar surface area (TPSA) is 79.1 Å². The van der Waals surface area contributed by atoms with E-state index in [0.717, 1.165) is 24.5 Å². The molecule has 1 rings (SSSR count). The summed E-state index contributed by atoms with van der Waals surface area (Å²) in [6, 6.07) is 0.546. The fourth-order valence-corrected chi connectivity index (χ4v) is 1.30.